The predicted octanol–water partition coefficient (Wildman–Crippen LogP) is 3.93. The standard InChI is InChI=1S/C17H23N3S/c1-4-6-19-16(11-21-17-5-7-18-12-20-17)15-9-13(2)8-14(3)10-15/h5,7-10,12,16,19H,4,6,11H2,1-3H3. The maximum atomic E-state index is 4.28. The fourth-order valence-corrected chi connectivity index (χ4v) is 3.26. The lowest BCUT2D eigenvalue weighted by Gasteiger charge is -2.19. The summed E-state index contributed by atoms with van der Waals surface area (Å²) in [5.74, 6) is 0.972. The number of benzene rings is 1. The van der Waals surface area contributed by atoms with Gasteiger partial charge in [-0.05, 0) is 38.4 Å². The number of aromatic nitrogens is 2. The lowest BCUT2D eigenvalue weighted by Crippen LogP contribution is -2.24. The first-order valence-electron chi connectivity index (χ1n) is 7.39. The molecule has 1 aromatic carbocycles. The van der Waals surface area contributed by atoms with Gasteiger partial charge in [0.05, 0.1) is 5.03 Å². The van der Waals surface area contributed by atoms with Crippen LogP contribution in [0, 0.1) is 13.8 Å². The molecule has 0 saturated carbocycles. The van der Waals surface area contributed by atoms with Gasteiger partial charge in [0.15, 0.2) is 0 Å². The Kier molecular flexibility index (Phi) is 6.21. The Hall–Kier alpha value is -1.39. The van der Waals surface area contributed by atoms with Crippen LogP contribution in [0.25, 0.3) is 0 Å². The molecule has 4 heteroatoms. The van der Waals surface area contributed by atoms with Gasteiger partial charge in [-0.3, -0.25) is 0 Å². The highest BCUT2D eigenvalue weighted by Crippen LogP contribution is 2.24. The van der Waals surface area contributed by atoms with Gasteiger partial charge in [0.25, 0.3) is 0 Å². The fourth-order valence-electron chi connectivity index (χ4n) is 2.34. The molecule has 1 atom stereocenters. The summed E-state index contributed by atoms with van der Waals surface area (Å²) >= 11 is 1.77. The normalized spacial score (nSPS) is 12.3. The van der Waals surface area contributed by atoms with Crippen LogP contribution in [0.4, 0.5) is 0 Å². The number of nitrogens with one attached hydrogen (secondary N) is 1. The van der Waals surface area contributed by atoms with Crippen LogP contribution in [0.15, 0.2) is 41.8 Å². The SMILES string of the molecule is CCCNC(CSc1ccncn1)c1cc(C)cc(C)c1. The highest BCUT2D eigenvalue weighted by Gasteiger charge is 2.12. The molecule has 0 aliphatic carbocycles. The minimum Gasteiger partial charge on any atom is -0.309 e. The van der Waals surface area contributed by atoms with Crippen LogP contribution in [0.2, 0.25) is 0 Å². The molecule has 0 amide bonds. The molecule has 1 N–H and O–H groups in total. The van der Waals surface area contributed by atoms with E-state index in [1.54, 1.807) is 24.3 Å². The van der Waals surface area contributed by atoms with Crippen molar-refractivity contribution in [2.75, 3.05) is 12.3 Å². The van der Waals surface area contributed by atoms with E-state index in [1.807, 2.05) is 6.07 Å². The number of hydrogen-bond acceptors (Lipinski definition) is 4. The van der Waals surface area contributed by atoms with E-state index in [4.69, 9.17) is 0 Å². The molecular formula is C17H23N3S. The molecule has 21 heavy (non-hydrogen) atoms. The molecular weight excluding hydrogens is 278 g/mol. The molecule has 0 aliphatic heterocycles. The van der Waals surface area contributed by atoms with Gasteiger partial charge in [-0.2, -0.15) is 0 Å². The van der Waals surface area contributed by atoms with Gasteiger partial charge in [-0.1, -0.05) is 36.2 Å². The van der Waals surface area contributed by atoms with E-state index in [9.17, 15) is 0 Å². The van der Waals surface area contributed by atoms with E-state index in [-0.39, 0.29) is 0 Å². The maximum Gasteiger partial charge on any atom is 0.116 e. The van der Waals surface area contributed by atoms with Crippen LogP contribution in [0.3, 0.4) is 0 Å². The number of rotatable bonds is 7. The Morgan fingerprint density at radius 3 is 2.57 bits per heavy atom. The smallest absolute Gasteiger partial charge is 0.116 e. The summed E-state index contributed by atoms with van der Waals surface area (Å²) in [5.41, 5.74) is 4.00. The Balaban J connectivity index is 2.10. The Labute approximate surface area is 131 Å². The molecule has 2 aromatic rings. The first-order valence-corrected chi connectivity index (χ1v) is 8.38. The first kappa shape index (κ1) is 16.0. The fraction of sp³-hybridized carbons (Fsp3) is 0.412. The predicted molar refractivity (Wildman–Crippen MR) is 89.7 cm³/mol. The second-order valence-electron chi connectivity index (χ2n) is 5.29. The number of hydrogen-bond donors (Lipinski definition) is 1. The summed E-state index contributed by atoms with van der Waals surface area (Å²) in [7, 11) is 0. The van der Waals surface area contributed by atoms with Crippen LogP contribution in [-0.4, -0.2) is 22.3 Å². The summed E-state index contributed by atoms with van der Waals surface area (Å²) < 4.78 is 0. The summed E-state index contributed by atoms with van der Waals surface area (Å²) in [6.45, 7) is 7.54. The topological polar surface area (TPSA) is 37.8 Å². The van der Waals surface area contributed by atoms with Crippen molar-refractivity contribution < 1.29 is 0 Å². The monoisotopic (exact) mass is 301 g/mol. The number of thioether (sulfide) groups is 1. The van der Waals surface area contributed by atoms with Crippen molar-refractivity contribution in [2.24, 2.45) is 0 Å². The summed E-state index contributed by atoms with van der Waals surface area (Å²) in [6.07, 6.45) is 4.54. The molecule has 0 saturated heterocycles. The van der Waals surface area contributed by atoms with E-state index < -0.39 is 0 Å². The summed E-state index contributed by atoms with van der Waals surface area (Å²) in [5, 5.41) is 4.67. The lowest BCUT2D eigenvalue weighted by atomic mass is 10.0. The van der Waals surface area contributed by atoms with E-state index in [1.165, 1.54) is 16.7 Å². The maximum absolute atomic E-state index is 4.28. The number of nitrogens with zero attached hydrogens (tertiary/aromatic N) is 2. The van der Waals surface area contributed by atoms with Crippen LogP contribution in [0.1, 0.15) is 36.1 Å². The Morgan fingerprint density at radius 1 is 1.19 bits per heavy atom. The zero-order chi connectivity index (χ0) is 15.1. The van der Waals surface area contributed by atoms with Crippen LogP contribution >= 0.6 is 11.8 Å². The molecule has 112 valence electrons. The largest absolute Gasteiger partial charge is 0.309 e. The van der Waals surface area contributed by atoms with Gasteiger partial charge in [-0.15, -0.1) is 11.8 Å². The van der Waals surface area contributed by atoms with Crippen molar-refractivity contribution in [3.8, 4) is 0 Å². The summed E-state index contributed by atoms with van der Waals surface area (Å²) in [6, 6.07) is 9.09. The van der Waals surface area contributed by atoms with Crippen molar-refractivity contribution in [1.29, 1.82) is 0 Å². The Bertz CT molecular complexity index is 537. The van der Waals surface area contributed by atoms with E-state index in [0.29, 0.717) is 6.04 Å². The van der Waals surface area contributed by atoms with E-state index in [2.05, 4.69) is 54.3 Å². The third kappa shape index (κ3) is 5.14. The van der Waals surface area contributed by atoms with Crippen molar-refractivity contribution in [1.82, 2.24) is 15.3 Å². The molecule has 1 aromatic heterocycles. The third-order valence-electron chi connectivity index (χ3n) is 3.24. The van der Waals surface area contributed by atoms with Crippen LogP contribution < -0.4 is 5.32 Å². The molecule has 0 fully saturated rings. The Morgan fingerprint density at radius 2 is 1.95 bits per heavy atom. The van der Waals surface area contributed by atoms with E-state index in [0.717, 1.165) is 23.7 Å². The molecule has 0 bridgehead atoms. The van der Waals surface area contributed by atoms with Gasteiger partial charge in [0.1, 0.15) is 6.33 Å². The molecule has 0 aliphatic rings. The average Bonchev–Trinajstić information content (AvgIpc) is 2.47. The van der Waals surface area contributed by atoms with Crippen molar-refractivity contribution in [3.05, 3.63) is 53.5 Å². The molecule has 3 nitrogen and oxygen atoms in total. The second kappa shape index (κ2) is 8.15. The third-order valence-corrected chi connectivity index (χ3v) is 4.28. The molecule has 1 heterocycles. The van der Waals surface area contributed by atoms with Gasteiger partial charge >= 0.3 is 0 Å². The quantitative estimate of drug-likeness (QED) is 0.621. The highest BCUT2D eigenvalue weighted by molar-refractivity contribution is 7.99. The zero-order valence-electron chi connectivity index (χ0n) is 13.0. The second-order valence-corrected chi connectivity index (χ2v) is 6.33. The zero-order valence-corrected chi connectivity index (χ0v) is 13.8. The minimum absolute atomic E-state index is 0.350. The van der Waals surface area contributed by atoms with Gasteiger partial charge < -0.3 is 5.32 Å². The molecule has 0 spiro atoms. The van der Waals surface area contributed by atoms with Crippen molar-refractivity contribution >= 4 is 11.8 Å². The van der Waals surface area contributed by atoms with Crippen molar-refractivity contribution in [3.63, 3.8) is 0 Å². The van der Waals surface area contributed by atoms with Gasteiger partial charge in [0, 0.05) is 18.0 Å². The molecule has 0 radical (unpaired) electrons. The van der Waals surface area contributed by atoms with E-state index >= 15 is 0 Å². The molecule has 1 unspecified atom stereocenters. The van der Waals surface area contributed by atoms with Crippen LogP contribution in [-0.2, 0) is 0 Å². The van der Waals surface area contributed by atoms with Gasteiger partial charge in [-0.25, -0.2) is 9.97 Å². The summed E-state index contributed by atoms with van der Waals surface area (Å²) in [4.78, 5) is 8.25. The van der Waals surface area contributed by atoms with Crippen molar-refractivity contribution in [2.45, 2.75) is 38.3 Å². The highest BCUT2D eigenvalue weighted by atomic mass is 32.2. The lowest BCUT2D eigenvalue weighted by molar-refractivity contribution is 0.576. The number of aryl methyl sites for hydroxylation is 2. The minimum atomic E-state index is 0.350. The first-order chi connectivity index (χ1) is 10.2. The molecule has 2 rings (SSSR count). The van der Waals surface area contributed by atoms with Crippen LogP contribution in [0.5, 0.6) is 0 Å². The average molecular weight is 301 g/mol. The van der Waals surface area contributed by atoms with Gasteiger partial charge in [0.2, 0.25) is 0 Å².